The van der Waals surface area contributed by atoms with Gasteiger partial charge >= 0.3 is 0 Å². The molecule has 78 valence electrons. The molecule has 0 radical (unpaired) electrons. The molecule has 3 atom stereocenters. The van der Waals surface area contributed by atoms with Gasteiger partial charge in [0, 0.05) is 6.61 Å². The third kappa shape index (κ3) is 2.96. The van der Waals surface area contributed by atoms with Crippen LogP contribution in [-0.4, -0.2) is 23.9 Å². The van der Waals surface area contributed by atoms with Crippen LogP contribution in [0.1, 0.15) is 40.0 Å². The lowest BCUT2D eigenvalue weighted by Gasteiger charge is -2.26. The van der Waals surface area contributed by atoms with Gasteiger partial charge in [-0.2, -0.15) is 0 Å². The Kier molecular flexibility index (Phi) is 4.20. The summed E-state index contributed by atoms with van der Waals surface area (Å²) in [6.45, 7) is 6.93. The van der Waals surface area contributed by atoms with Crippen LogP contribution >= 0.6 is 0 Å². The summed E-state index contributed by atoms with van der Waals surface area (Å²) in [7, 11) is 0. The molecule has 0 saturated heterocycles. The average Bonchev–Trinajstić information content (AvgIpc) is 2.95. The number of hydrogen-bond donors (Lipinski definition) is 1. The quantitative estimate of drug-likeness (QED) is 0.689. The second-order valence-corrected chi connectivity index (χ2v) is 4.13. The molecule has 1 fully saturated rings. The van der Waals surface area contributed by atoms with Crippen LogP contribution in [0.3, 0.4) is 0 Å². The first-order valence-corrected chi connectivity index (χ1v) is 5.50. The van der Waals surface area contributed by atoms with Crippen molar-refractivity contribution >= 4 is 0 Å². The highest BCUT2D eigenvalue weighted by Crippen LogP contribution is 2.37. The molecule has 0 amide bonds. The maximum Gasteiger partial charge on any atom is 0.0864 e. The van der Waals surface area contributed by atoms with Crippen LogP contribution in [-0.2, 0) is 4.74 Å². The van der Waals surface area contributed by atoms with Gasteiger partial charge in [0.15, 0.2) is 0 Å². The summed E-state index contributed by atoms with van der Waals surface area (Å²) in [5, 5.41) is 9.99. The van der Waals surface area contributed by atoms with Crippen molar-refractivity contribution in [1.29, 1.82) is 0 Å². The molecule has 0 aromatic heterocycles. The molecule has 3 unspecified atom stereocenters. The third-order valence-corrected chi connectivity index (χ3v) is 3.01. The van der Waals surface area contributed by atoms with Gasteiger partial charge in [-0.05, 0) is 31.6 Å². The van der Waals surface area contributed by atoms with E-state index in [1.54, 1.807) is 0 Å². The summed E-state index contributed by atoms with van der Waals surface area (Å²) in [6, 6.07) is 0. The van der Waals surface area contributed by atoms with Crippen LogP contribution in [0, 0.1) is 11.8 Å². The minimum atomic E-state index is -0.266. The van der Waals surface area contributed by atoms with E-state index in [2.05, 4.69) is 13.8 Å². The molecule has 0 aliphatic heterocycles. The molecule has 2 heteroatoms. The van der Waals surface area contributed by atoms with E-state index in [-0.39, 0.29) is 12.2 Å². The van der Waals surface area contributed by atoms with Crippen molar-refractivity contribution in [1.82, 2.24) is 0 Å². The van der Waals surface area contributed by atoms with E-state index in [9.17, 15) is 5.11 Å². The maximum absolute atomic E-state index is 9.99. The lowest BCUT2D eigenvalue weighted by molar-refractivity contribution is -0.0665. The standard InChI is InChI=1S/C11H22O2/c1-4-8(3)10(12)11(13-5-2)9-6-7-9/h8-12H,4-7H2,1-3H3. The van der Waals surface area contributed by atoms with Gasteiger partial charge in [0.2, 0.25) is 0 Å². The van der Waals surface area contributed by atoms with Gasteiger partial charge in [-0.1, -0.05) is 20.3 Å². The summed E-state index contributed by atoms with van der Waals surface area (Å²) in [5.74, 6) is 0.987. The second kappa shape index (κ2) is 4.97. The normalized spacial score (nSPS) is 24.0. The van der Waals surface area contributed by atoms with E-state index in [4.69, 9.17) is 4.74 Å². The minimum Gasteiger partial charge on any atom is -0.390 e. The molecular formula is C11H22O2. The van der Waals surface area contributed by atoms with Crippen LogP contribution < -0.4 is 0 Å². The summed E-state index contributed by atoms with van der Waals surface area (Å²) >= 11 is 0. The Hall–Kier alpha value is -0.0800. The van der Waals surface area contributed by atoms with Crippen molar-refractivity contribution in [3.05, 3.63) is 0 Å². The van der Waals surface area contributed by atoms with Gasteiger partial charge in [-0.25, -0.2) is 0 Å². The number of aliphatic hydroxyl groups is 1. The molecule has 1 aliphatic carbocycles. The Morgan fingerprint density at radius 1 is 1.38 bits per heavy atom. The molecule has 1 aliphatic rings. The highest BCUT2D eigenvalue weighted by molar-refractivity contribution is 4.88. The summed E-state index contributed by atoms with van der Waals surface area (Å²) < 4.78 is 5.60. The van der Waals surface area contributed by atoms with Gasteiger partial charge in [0.05, 0.1) is 12.2 Å². The molecule has 0 aromatic rings. The smallest absolute Gasteiger partial charge is 0.0864 e. The Labute approximate surface area is 81.3 Å². The SMILES string of the molecule is CCOC(C1CC1)C(O)C(C)CC. The molecule has 2 nitrogen and oxygen atoms in total. The van der Waals surface area contributed by atoms with Crippen LogP contribution in [0.25, 0.3) is 0 Å². The molecule has 1 saturated carbocycles. The lowest BCUT2D eigenvalue weighted by atomic mass is 9.95. The van der Waals surface area contributed by atoms with Gasteiger partial charge in [0.25, 0.3) is 0 Å². The van der Waals surface area contributed by atoms with E-state index < -0.39 is 0 Å². The number of ether oxygens (including phenoxy) is 1. The monoisotopic (exact) mass is 186 g/mol. The summed E-state index contributed by atoms with van der Waals surface area (Å²) in [4.78, 5) is 0. The Morgan fingerprint density at radius 3 is 2.38 bits per heavy atom. The molecule has 0 heterocycles. The van der Waals surface area contributed by atoms with Crippen molar-refractivity contribution in [2.75, 3.05) is 6.61 Å². The summed E-state index contributed by atoms with van der Waals surface area (Å²) in [5.41, 5.74) is 0. The van der Waals surface area contributed by atoms with Gasteiger partial charge in [-0.15, -0.1) is 0 Å². The van der Waals surface area contributed by atoms with Crippen LogP contribution in [0.2, 0.25) is 0 Å². The Bertz CT molecular complexity index is 143. The largest absolute Gasteiger partial charge is 0.390 e. The first-order chi connectivity index (χ1) is 6.20. The van der Waals surface area contributed by atoms with E-state index in [1.807, 2.05) is 6.92 Å². The van der Waals surface area contributed by atoms with Crippen molar-refractivity contribution in [2.24, 2.45) is 11.8 Å². The van der Waals surface area contributed by atoms with Crippen molar-refractivity contribution in [2.45, 2.75) is 52.2 Å². The highest BCUT2D eigenvalue weighted by atomic mass is 16.5. The predicted octanol–water partition coefficient (Wildman–Crippen LogP) is 2.21. The van der Waals surface area contributed by atoms with E-state index in [1.165, 1.54) is 12.8 Å². The highest BCUT2D eigenvalue weighted by Gasteiger charge is 2.38. The topological polar surface area (TPSA) is 29.5 Å². The fourth-order valence-electron chi connectivity index (χ4n) is 1.70. The van der Waals surface area contributed by atoms with Gasteiger partial charge < -0.3 is 9.84 Å². The van der Waals surface area contributed by atoms with E-state index in [0.29, 0.717) is 18.4 Å². The van der Waals surface area contributed by atoms with Crippen molar-refractivity contribution in [3.8, 4) is 0 Å². The third-order valence-electron chi connectivity index (χ3n) is 3.01. The van der Waals surface area contributed by atoms with Gasteiger partial charge in [0.1, 0.15) is 0 Å². The lowest BCUT2D eigenvalue weighted by Crippen LogP contribution is -2.35. The van der Waals surface area contributed by atoms with Gasteiger partial charge in [-0.3, -0.25) is 0 Å². The molecule has 0 bridgehead atoms. The van der Waals surface area contributed by atoms with Crippen LogP contribution in [0.5, 0.6) is 0 Å². The molecule has 1 N–H and O–H groups in total. The predicted molar refractivity (Wildman–Crippen MR) is 53.6 cm³/mol. The van der Waals surface area contributed by atoms with E-state index >= 15 is 0 Å². The summed E-state index contributed by atoms with van der Waals surface area (Å²) in [6.07, 6.45) is 3.32. The molecule has 0 aromatic carbocycles. The second-order valence-electron chi connectivity index (χ2n) is 4.13. The van der Waals surface area contributed by atoms with Crippen molar-refractivity contribution in [3.63, 3.8) is 0 Å². The minimum absolute atomic E-state index is 0.0972. The number of aliphatic hydroxyl groups excluding tert-OH is 1. The fourth-order valence-corrected chi connectivity index (χ4v) is 1.70. The fraction of sp³-hybridized carbons (Fsp3) is 1.00. The zero-order valence-corrected chi connectivity index (χ0v) is 8.99. The van der Waals surface area contributed by atoms with Crippen molar-refractivity contribution < 1.29 is 9.84 Å². The zero-order valence-electron chi connectivity index (χ0n) is 8.99. The molecule has 0 spiro atoms. The molecule has 13 heavy (non-hydrogen) atoms. The first-order valence-electron chi connectivity index (χ1n) is 5.50. The van der Waals surface area contributed by atoms with Crippen LogP contribution in [0.4, 0.5) is 0 Å². The molecular weight excluding hydrogens is 164 g/mol. The Morgan fingerprint density at radius 2 is 2.00 bits per heavy atom. The Balaban J connectivity index is 2.42. The number of rotatable bonds is 6. The molecule has 1 rings (SSSR count). The van der Waals surface area contributed by atoms with Crippen LogP contribution in [0.15, 0.2) is 0 Å². The zero-order chi connectivity index (χ0) is 9.84. The average molecular weight is 186 g/mol. The maximum atomic E-state index is 9.99. The first kappa shape index (κ1) is 11.0. The number of hydrogen-bond acceptors (Lipinski definition) is 2. The van der Waals surface area contributed by atoms with E-state index in [0.717, 1.165) is 6.42 Å².